The number of carbonyl (C=O) groups is 1. The summed E-state index contributed by atoms with van der Waals surface area (Å²) >= 11 is 0. The molecular weight excluding hydrogens is 244 g/mol. The summed E-state index contributed by atoms with van der Waals surface area (Å²) < 4.78 is 0. The lowest BCUT2D eigenvalue weighted by molar-refractivity contribution is 0.0773. The van der Waals surface area contributed by atoms with E-state index in [2.05, 4.69) is 15.2 Å². The molecule has 1 fully saturated rings. The number of hydrogen-bond acceptors (Lipinski definition) is 4. The summed E-state index contributed by atoms with van der Waals surface area (Å²) in [6.07, 6.45) is 1.70. The highest BCUT2D eigenvalue weighted by atomic mass is 16.3. The zero-order chi connectivity index (χ0) is 14.0. The maximum absolute atomic E-state index is 12.3. The van der Waals surface area contributed by atoms with Crippen LogP contribution in [0, 0.1) is 5.92 Å². The molecule has 1 aromatic rings. The monoisotopic (exact) mass is 266 g/mol. The molecule has 1 amide bonds. The molecule has 2 rings (SSSR count). The van der Waals surface area contributed by atoms with Gasteiger partial charge >= 0.3 is 0 Å². The fourth-order valence-electron chi connectivity index (χ4n) is 2.27. The van der Waals surface area contributed by atoms with E-state index in [0.29, 0.717) is 12.5 Å². The highest BCUT2D eigenvalue weighted by Crippen LogP contribution is 2.21. The van der Waals surface area contributed by atoms with Crippen molar-refractivity contribution in [3.8, 4) is 0 Å². The summed E-state index contributed by atoms with van der Waals surface area (Å²) in [4.78, 5) is 18.3. The van der Waals surface area contributed by atoms with Crippen molar-refractivity contribution in [2.24, 2.45) is 5.92 Å². The summed E-state index contributed by atoms with van der Waals surface area (Å²) in [5, 5.41) is 15.8. The zero-order valence-electron chi connectivity index (χ0n) is 11.8. The summed E-state index contributed by atoms with van der Waals surface area (Å²) in [6.45, 7) is 7.67. The molecule has 0 radical (unpaired) electrons. The average molecular weight is 266 g/mol. The van der Waals surface area contributed by atoms with Gasteiger partial charge in [0.15, 0.2) is 0 Å². The van der Waals surface area contributed by atoms with E-state index in [9.17, 15) is 4.79 Å². The van der Waals surface area contributed by atoms with Gasteiger partial charge < -0.3 is 10.0 Å². The minimum atomic E-state index is -0.143. The van der Waals surface area contributed by atoms with Gasteiger partial charge in [-0.2, -0.15) is 0 Å². The lowest BCUT2D eigenvalue weighted by Gasteiger charge is -2.15. The fourth-order valence-corrected chi connectivity index (χ4v) is 2.27. The molecule has 19 heavy (non-hydrogen) atoms. The normalized spacial score (nSPS) is 20.0. The van der Waals surface area contributed by atoms with Crippen molar-refractivity contribution >= 4 is 5.91 Å². The first kappa shape index (κ1) is 14.0. The van der Waals surface area contributed by atoms with Gasteiger partial charge in [-0.25, -0.2) is 4.98 Å². The average Bonchev–Trinajstić information content (AvgIpc) is 2.96. The zero-order valence-corrected chi connectivity index (χ0v) is 11.8. The Morgan fingerprint density at radius 3 is 2.84 bits per heavy atom. The van der Waals surface area contributed by atoms with E-state index in [1.807, 2.05) is 20.8 Å². The van der Waals surface area contributed by atoms with Crippen LogP contribution in [0.3, 0.4) is 0 Å². The van der Waals surface area contributed by atoms with E-state index in [1.54, 1.807) is 4.90 Å². The van der Waals surface area contributed by atoms with Gasteiger partial charge in [0, 0.05) is 25.1 Å². The van der Waals surface area contributed by atoms with Crippen LogP contribution < -0.4 is 0 Å². The van der Waals surface area contributed by atoms with Gasteiger partial charge in [0.05, 0.1) is 0 Å². The number of amides is 1. The van der Waals surface area contributed by atoms with E-state index in [0.717, 1.165) is 25.2 Å². The Morgan fingerprint density at radius 1 is 1.53 bits per heavy atom. The van der Waals surface area contributed by atoms with E-state index < -0.39 is 0 Å². The predicted molar refractivity (Wildman–Crippen MR) is 70.8 cm³/mol. The lowest BCUT2D eigenvalue weighted by Crippen LogP contribution is -2.29. The summed E-state index contributed by atoms with van der Waals surface area (Å²) in [5.74, 6) is 1.25. The van der Waals surface area contributed by atoms with Gasteiger partial charge in [-0.15, -0.1) is 5.10 Å². The molecule has 1 aliphatic heterocycles. The second-order valence-corrected chi connectivity index (χ2v) is 6.18. The van der Waals surface area contributed by atoms with E-state index in [4.69, 9.17) is 5.11 Å². The Bertz CT molecular complexity index is 450. The number of rotatable bonds is 3. The molecule has 6 nitrogen and oxygen atoms in total. The molecule has 0 saturated carbocycles. The van der Waals surface area contributed by atoms with Crippen LogP contribution in [-0.2, 0) is 5.41 Å². The van der Waals surface area contributed by atoms with Gasteiger partial charge in [-0.05, 0) is 18.8 Å². The Labute approximate surface area is 113 Å². The second-order valence-electron chi connectivity index (χ2n) is 6.18. The third-order valence-corrected chi connectivity index (χ3v) is 3.50. The number of H-pyrrole nitrogens is 1. The molecule has 1 unspecified atom stereocenters. The van der Waals surface area contributed by atoms with Crippen LogP contribution in [0.5, 0.6) is 0 Å². The molecule has 2 heterocycles. The molecule has 0 spiro atoms. The number of aliphatic hydroxyl groups excluding tert-OH is 1. The first-order valence-electron chi connectivity index (χ1n) is 6.75. The van der Waals surface area contributed by atoms with Crippen molar-refractivity contribution in [1.29, 1.82) is 0 Å². The van der Waals surface area contributed by atoms with Crippen molar-refractivity contribution in [2.75, 3.05) is 19.7 Å². The van der Waals surface area contributed by atoms with Crippen molar-refractivity contribution in [3.05, 3.63) is 11.6 Å². The van der Waals surface area contributed by atoms with Crippen LogP contribution in [0.2, 0.25) is 0 Å². The highest BCUT2D eigenvalue weighted by Gasteiger charge is 2.29. The molecule has 1 atom stereocenters. The Kier molecular flexibility index (Phi) is 3.89. The second kappa shape index (κ2) is 5.28. The molecule has 106 valence electrons. The minimum Gasteiger partial charge on any atom is -0.396 e. The third-order valence-electron chi connectivity index (χ3n) is 3.50. The van der Waals surface area contributed by atoms with Crippen LogP contribution in [0.25, 0.3) is 0 Å². The number of nitrogens with one attached hydrogen (secondary N) is 1. The Hall–Kier alpha value is -1.43. The predicted octanol–water partition coefficient (Wildman–Crippen LogP) is 0.947. The quantitative estimate of drug-likeness (QED) is 0.853. The fraction of sp³-hybridized carbons (Fsp3) is 0.769. The number of aliphatic hydroxyl groups is 1. The van der Waals surface area contributed by atoms with Crippen LogP contribution in [0.1, 0.15) is 50.1 Å². The maximum atomic E-state index is 12.3. The molecular formula is C13H22N4O2. The van der Waals surface area contributed by atoms with E-state index >= 15 is 0 Å². The Morgan fingerprint density at radius 2 is 2.26 bits per heavy atom. The first-order valence-corrected chi connectivity index (χ1v) is 6.75. The molecule has 0 aromatic carbocycles. The summed E-state index contributed by atoms with van der Waals surface area (Å²) in [7, 11) is 0. The molecule has 0 bridgehead atoms. The standard InChI is InChI=1S/C13H22N4O2/c1-13(2,3)12-14-10(15-16-12)11(19)17-6-4-9(8-17)5-7-18/h9,18H,4-8H2,1-3H3,(H,14,15,16). The van der Waals surface area contributed by atoms with Crippen molar-refractivity contribution in [2.45, 2.75) is 39.0 Å². The summed E-state index contributed by atoms with van der Waals surface area (Å²) in [6, 6.07) is 0. The van der Waals surface area contributed by atoms with E-state index in [1.165, 1.54) is 0 Å². The smallest absolute Gasteiger partial charge is 0.293 e. The SMILES string of the molecule is CC(C)(C)c1nc(C(=O)N2CCC(CCO)C2)n[nH]1. The number of nitrogens with zero attached hydrogens (tertiary/aromatic N) is 3. The first-order chi connectivity index (χ1) is 8.91. The van der Waals surface area contributed by atoms with Gasteiger partial charge in [0.2, 0.25) is 5.82 Å². The minimum absolute atomic E-state index is 0.118. The van der Waals surface area contributed by atoms with Gasteiger partial charge in [0.25, 0.3) is 5.91 Å². The molecule has 0 aliphatic carbocycles. The molecule has 1 aliphatic rings. The van der Waals surface area contributed by atoms with Crippen LogP contribution in [0.4, 0.5) is 0 Å². The van der Waals surface area contributed by atoms with Gasteiger partial charge in [0.1, 0.15) is 5.82 Å². The third kappa shape index (κ3) is 3.12. The van der Waals surface area contributed by atoms with Crippen molar-refractivity contribution < 1.29 is 9.90 Å². The number of aromatic amines is 1. The molecule has 2 N–H and O–H groups in total. The van der Waals surface area contributed by atoms with Crippen molar-refractivity contribution in [3.63, 3.8) is 0 Å². The summed E-state index contributed by atoms with van der Waals surface area (Å²) in [5.41, 5.74) is -0.143. The van der Waals surface area contributed by atoms with Gasteiger partial charge in [-0.1, -0.05) is 20.8 Å². The molecule has 1 aromatic heterocycles. The topological polar surface area (TPSA) is 82.1 Å². The van der Waals surface area contributed by atoms with E-state index in [-0.39, 0.29) is 23.8 Å². The Balaban J connectivity index is 2.03. The number of likely N-dealkylation sites (tertiary alicyclic amines) is 1. The maximum Gasteiger partial charge on any atom is 0.293 e. The molecule has 1 saturated heterocycles. The number of hydrogen-bond donors (Lipinski definition) is 2. The largest absolute Gasteiger partial charge is 0.396 e. The molecule has 6 heteroatoms. The highest BCUT2D eigenvalue weighted by molar-refractivity contribution is 5.90. The van der Waals surface area contributed by atoms with Crippen LogP contribution >= 0.6 is 0 Å². The van der Waals surface area contributed by atoms with Crippen LogP contribution in [0.15, 0.2) is 0 Å². The van der Waals surface area contributed by atoms with Gasteiger partial charge in [-0.3, -0.25) is 9.89 Å². The lowest BCUT2D eigenvalue weighted by atomic mass is 9.96. The number of aromatic nitrogens is 3. The number of carbonyl (C=O) groups excluding carboxylic acids is 1. The van der Waals surface area contributed by atoms with Crippen molar-refractivity contribution in [1.82, 2.24) is 20.1 Å². The van der Waals surface area contributed by atoms with Crippen LogP contribution in [-0.4, -0.2) is 50.8 Å².